The summed E-state index contributed by atoms with van der Waals surface area (Å²) in [6.45, 7) is 0. The van der Waals surface area contributed by atoms with E-state index >= 15 is 0 Å². The number of rotatable bonds is 5. The first kappa shape index (κ1) is 26.4. The summed E-state index contributed by atoms with van der Waals surface area (Å²) in [5.41, 5.74) is 2.84. The maximum absolute atomic E-state index is 13.8. The van der Waals surface area contributed by atoms with Gasteiger partial charge >= 0.3 is 0 Å². The minimum atomic E-state index is -0.730. The zero-order chi connectivity index (χ0) is 28.7. The van der Waals surface area contributed by atoms with Crippen LogP contribution in [-0.4, -0.2) is 26.5 Å². The number of carbonyl (C=O) groups excluding carboxylic acids is 1. The molecule has 2 heterocycles. The molecule has 1 amide bonds. The Morgan fingerprint density at radius 1 is 0.927 bits per heavy atom. The third-order valence-electron chi connectivity index (χ3n) is 7.02. The summed E-state index contributed by atoms with van der Waals surface area (Å²) in [7, 11) is 0. The molecule has 0 saturated carbocycles. The SMILES string of the molecule is O=C(c1ccccc1Cl)N1N=C(c2c(-c3ccccc3)c3cc(Cl)ccc3[nH]c2=O)CC1c1cccc([N+](=O)[O-])c1. The third kappa shape index (κ3) is 4.88. The number of aromatic amines is 1. The van der Waals surface area contributed by atoms with E-state index in [0.717, 1.165) is 5.56 Å². The Hall–Kier alpha value is -4.79. The van der Waals surface area contributed by atoms with Crippen molar-refractivity contribution in [3.05, 3.63) is 144 Å². The largest absolute Gasteiger partial charge is 0.321 e. The number of nitro groups is 1. The molecule has 10 heteroatoms. The minimum absolute atomic E-state index is 0.121. The van der Waals surface area contributed by atoms with E-state index in [1.54, 1.807) is 54.6 Å². The lowest BCUT2D eigenvalue weighted by atomic mass is 9.91. The molecule has 1 atom stereocenters. The third-order valence-corrected chi connectivity index (χ3v) is 7.58. The molecule has 0 radical (unpaired) electrons. The van der Waals surface area contributed by atoms with Gasteiger partial charge in [-0.05, 0) is 41.5 Å². The molecule has 1 aliphatic rings. The van der Waals surface area contributed by atoms with Gasteiger partial charge in [-0.3, -0.25) is 19.7 Å². The molecule has 41 heavy (non-hydrogen) atoms. The van der Waals surface area contributed by atoms with E-state index in [1.165, 1.54) is 17.1 Å². The van der Waals surface area contributed by atoms with Crippen molar-refractivity contribution in [1.82, 2.24) is 9.99 Å². The summed E-state index contributed by atoms with van der Waals surface area (Å²) in [5, 5.41) is 19.0. The summed E-state index contributed by atoms with van der Waals surface area (Å²) in [6.07, 6.45) is 0.131. The second-order valence-electron chi connectivity index (χ2n) is 9.51. The summed E-state index contributed by atoms with van der Waals surface area (Å²) in [5.74, 6) is -0.497. The Bertz CT molecular complexity index is 1940. The molecular formula is C31H20Cl2N4O4. The van der Waals surface area contributed by atoms with Crippen LogP contribution >= 0.6 is 23.2 Å². The molecule has 5 aromatic rings. The number of nitrogens with one attached hydrogen (secondary N) is 1. The number of hydrogen-bond donors (Lipinski definition) is 1. The number of non-ortho nitro benzene ring substituents is 1. The van der Waals surface area contributed by atoms with Crippen molar-refractivity contribution in [2.45, 2.75) is 12.5 Å². The van der Waals surface area contributed by atoms with Crippen LogP contribution in [0.2, 0.25) is 10.0 Å². The van der Waals surface area contributed by atoms with Crippen LogP contribution in [0, 0.1) is 10.1 Å². The number of aromatic nitrogens is 1. The van der Waals surface area contributed by atoms with Crippen molar-refractivity contribution in [3.63, 3.8) is 0 Å². The van der Waals surface area contributed by atoms with Crippen LogP contribution in [0.5, 0.6) is 0 Å². The van der Waals surface area contributed by atoms with Gasteiger partial charge in [-0.25, -0.2) is 5.01 Å². The maximum atomic E-state index is 13.8. The molecule has 202 valence electrons. The highest BCUT2D eigenvalue weighted by Gasteiger charge is 2.37. The Kier molecular flexibility index (Phi) is 6.86. The summed E-state index contributed by atoms with van der Waals surface area (Å²) in [6, 6.07) is 26.5. The van der Waals surface area contributed by atoms with Crippen LogP contribution in [0.1, 0.15) is 33.9 Å². The van der Waals surface area contributed by atoms with Crippen molar-refractivity contribution < 1.29 is 9.72 Å². The lowest BCUT2D eigenvalue weighted by Crippen LogP contribution is -2.27. The predicted molar refractivity (Wildman–Crippen MR) is 160 cm³/mol. The average molecular weight is 583 g/mol. The average Bonchev–Trinajstić information content (AvgIpc) is 3.42. The fourth-order valence-electron chi connectivity index (χ4n) is 5.16. The lowest BCUT2D eigenvalue weighted by Gasteiger charge is -2.22. The molecule has 1 aromatic heterocycles. The topological polar surface area (TPSA) is 109 Å². The smallest absolute Gasteiger partial charge is 0.276 e. The van der Waals surface area contributed by atoms with Crippen molar-refractivity contribution in [3.8, 4) is 11.1 Å². The number of benzene rings is 4. The summed E-state index contributed by atoms with van der Waals surface area (Å²) < 4.78 is 0. The van der Waals surface area contributed by atoms with Gasteiger partial charge in [-0.15, -0.1) is 0 Å². The fraction of sp³-hybridized carbons (Fsp3) is 0.0645. The molecule has 0 spiro atoms. The van der Waals surface area contributed by atoms with Crippen LogP contribution in [-0.2, 0) is 0 Å². The Morgan fingerprint density at radius 2 is 1.68 bits per heavy atom. The monoisotopic (exact) mass is 582 g/mol. The van der Waals surface area contributed by atoms with Gasteiger partial charge < -0.3 is 4.98 Å². The zero-order valence-corrected chi connectivity index (χ0v) is 22.8. The summed E-state index contributed by atoms with van der Waals surface area (Å²) in [4.78, 5) is 41.5. The van der Waals surface area contributed by atoms with Crippen molar-refractivity contribution >= 4 is 51.4 Å². The number of nitro benzene ring substituents is 1. The summed E-state index contributed by atoms with van der Waals surface area (Å²) >= 11 is 12.7. The van der Waals surface area contributed by atoms with Gasteiger partial charge in [0.05, 0.1) is 32.8 Å². The molecule has 1 N–H and O–H groups in total. The van der Waals surface area contributed by atoms with Crippen molar-refractivity contribution in [2.24, 2.45) is 5.10 Å². The lowest BCUT2D eigenvalue weighted by molar-refractivity contribution is -0.384. The fourth-order valence-corrected chi connectivity index (χ4v) is 5.55. The van der Waals surface area contributed by atoms with Gasteiger partial charge in [-0.1, -0.05) is 77.8 Å². The number of halogens is 2. The second-order valence-corrected chi connectivity index (χ2v) is 10.4. The van der Waals surface area contributed by atoms with Gasteiger partial charge in [0.25, 0.3) is 17.2 Å². The molecule has 1 unspecified atom stereocenters. The van der Waals surface area contributed by atoms with Crippen LogP contribution in [0.4, 0.5) is 5.69 Å². The van der Waals surface area contributed by atoms with Crippen LogP contribution in [0.25, 0.3) is 22.0 Å². The number of hydrogen-bond acceptors (Lipinski definition) is 5. The van der Waals surface area contributed by atoms with Crippen LogP contribution in [0.15, 0.2) is 107 Å². The normalized spacial score (nSPS) is 14.7. The van der Waals surface area contributed by atoms with E-state index in [0.29, 0.717) is 32.8 Å². The zero-order valence-electron chi connectivity index (χ0n) is 21.3. The van der Waals surface area contributed by atoms with E-state index in [9.17, 15) is 19.7 Å². The van der Waals surface area contributed by atoms with E-state index < -0.39 is 16.9 Å². The van der Waals surface area contributed by atoms with Crippen LogP contribution < -0.4 is 5.56 Å². The molecular weight excluding hydrogens is 563 g/mol. The number of nitrogens with zero attached hydrogens (tertiary/aromatic N) is 3. The van der Waals surface area contributed by atoms with Gasteiger partial charge in [0.15, 0.2) is 0 Å². The number of hydrazone groups is 1. The number of fused-ring (bicyclic) bond motifs is 1. The van der Waals surface area contributed by atoms with Crippen molar-refractivity contribution in [2.75, 3.05) is 0 Å². The Morgan fingerprint density at radius 3 is 2.44 bits per heavy atom. The number of amides is 1. The highest BCUT2D eigenvalue weighted by Crippen LogP contribution is 2.39. The number of pyridine rings is 1. The van der Waals surface area contributed by atoms with Gasteiger partial charge in [0, 0.05) is 40.0 Å². The minimum Gasteiger partial charge on any atom is -0.321 e. The van der Waals surface area contributed by atoms with E-state index in [4.69, 9.17) is 28.3 Å². The Balaban J connectivity index is 1.58. The predicted octanol–water partition coefficient (Wildman–Crippen LogP) is 7.40. The molecule has 0 fully saturated rings. The van der Waals surface area contributed by atoms with Crippen LogP contribution in [0.3, 0.4) is 0 Å². The first-order chi connectivity index (χ1) is 19.8. The first-order valence-electron chi connectivity index (χ1n) is 12.6. The van der Waals surface area contributed by atoms with Gasteiger partial charge in [0.1, 0.15) is 0 Å². The molecule has 0 saturated heterocycles. The van der Waals surface area contributed by atoms with E-state index in [2.05, 4.69) is 4.98 Å². The quantitative estimate of drug-likeness (QED) is 0.172. The number of H-pyrrole nitrogens is 1. The first-order valence-corrected chi connectivity index (χ1v) is 13.4. The standard InChI is InChI=1S/C31H20Cl2N4O4/c32-20-13-14-25-23(16-20)28(18-7-2-1-3-8-18)29(30(38)34-25)26-17-27(19-9-6-10-21(15-19)37(40)41)36(35-26)31(39)22-11-4-5-12-24(22)33/h1-16,27H,17H2,(H,34,38). The highest BCUT2D eigenvalue weighted by atomic mass is 35.5. The molecule has 1 aliphatic heterocycles. The van der Waals surface area contributed by atoms with E-state index in [-0.39, 0.29) is 33.8 Å². The van der Waals surface area contributed by atoms with Crippen molar-refractivity contribution in [1.29, 1.82) is 0 Å². The van der Waals surface area contributed by atoms with Gasteiger partial charge in [-0.2, -0.15) is 5.10 Å². The molecule has 0 bridgehead atoms. The molecule has 0 aliphatic carbocycles. The maximum Gasteiger partial charge on any atom is 0.276 e. The molecule has 8 nitrogen and oxygen atoms in total. The Labute approximate surface area is 243 Å². The molecule has 6 rings (SSSR count). The van der Waals surface area contributed by atoms with Gasteiger partial charge in [0.2, 0.25) is 0 Å². The number of carbonyl (C=O) groups is 1. The van der Waals surface area contributed by atoms with E-state index in [1.807, 2.05) is 30.3 Å². The second kappa shape index (κ2) is 10.6. The molecule has 4 aromatic carbocycles. The highest BCUT2D eigenvalue weighted by molar-refractivity contribution is 6.34.